The number of aromatic nitrogens is 2. The van der Waals surface area contributed by atoms with Crippen molar-refractivity contribution in [2.75, 3.05) is 30.9 Å². The number of benzene rings is 2. The summed E-state index contributed by atoms with van der Waals surface area (Å²) in [6.45, 7) is 0.473. The lowest BCUT2D eigenvalue weighted by Crippen LogP contribution is -2.16. The molecule has 7 nitrogen and oxygen atoms in total. The van der Waals surface area contributed by atoms with Gasteiger partial charge in [0, 0.05) is 61.6 Å². The Morgan fingerprint density at radius 3 is 2.60 bits per heavy atom. The second-order valence-electron chi connectivity index (χ2n) is 7.34. The van der Waals surface area contributed by atoms with E-state index >= 15 is 0 Å². The Bertz CT molecular complexity index is 1170. The lowest BCUT2D eigenvalue weighted by Gasteiger charge is -2.20. The van der Waals surface area contributed by atoms with Crippen LogP contribution < -0.4 is 10.2 Å². The van der Waals surface area contributed by atoms with Crippen LogP contribution in [-0.4, -0.2) is 35.5 Å². The molecule has 0 fully saturated rings. The van der Waals surface area contributed by atoms with E-state index in [0.717, 1.165) is 27.7 Å². The average Bonchev–Trinajstić information content (AvgIpc) is 3.18. The predicted octanol–water partition coefficient (Wildman–Crippen LogP) is 4.78. The van der Waals surface area contributed by atoms with Crippen LogP contribution >= 0.6 is 0 Å². The molecule has 0 aliphatic rings. The van der Waals surface area contributed by atoms with Gasteiger partial charge in [-0.3, -0.25) is 10.1 Å². The zero-order chi connectivity index (χ0) is 21.1. The zero-order valence-corrected chi connectivity index (χ0v) is 16.9. The number of nitrogens with one attached hydrogen (secondary N) is 2. The van der Waals surface area contributed by atoms with Crippen molar-refractivity contribution in [3.63, 3.8) is 0 Å². The van der Waals surface area contributed by atoms with Gasteiger partial charge >= 0.3 is 5.69 Å². The summed E-state index contributed by atoms with van der Waals surface area (Å²) in [6, 6.07) is 19.6. The van der Waals surface area contributed by atoms with Crippen molar-refractivity contribution in [2.24, 2.45) is 0 Å². The van der Waals surface area contributed by atoms with Gasteiger partial charge in [0.1, 0.15) is 0 Å². The molecule has 7 heteroatoms. The van der Waals surface area contributed by atoms with Gasteiger partial charge in [-0.25, -0.2) is 4.98 Å². The van der Waals surface area contributed by atoms with Crippen LogP contribution in [0.4, 0.5) is 17.2 Å². The summed E-state index contributed by atoms with van der Waals surface area (Å²) < 4.78 is 0. The molecule has 0 radical (unpaired) electrons. The summed E-state index contributed by atoms with van der Waals surface area (Å²) >= 11 is 0. The van der Waals surface area contributed by atoms with Crippen molar-refractivity contribution in [3.05, 3.63) is 94.3 Å². The minimum atomic E-state index is -0.415. The fourth-order valence-electron chi connectivity index (χ4n) is 3.67. The van der Waals surface area contributed by atoms with Gasteiger partial charge in [-0.05, 0) is 35.4 Å². The number of aromatic amines is 1. The molecule has 4 rings (SSSR count). The van der Waals surface area contributed by atoms with Crippen molar-refractivity contribution < 1.29 is 4.92 Å². The maximum Gasteiger partial charge on any atom is 0.311 e. The number of hydrogen-bond acceptors (Lipinski definition) is 5. The van der Waals surface area contributed by atoms with E-state index in [1.54, 1.807) is 12.3 Å². The van der Waals surface area contributed by atoms with Crippen molar-refractivity contribution >= 4 is 28.1 Å². The van der Waals surface area contributed by atoms with Gasteiger partial charge < -0.3 is 15.2 Å². The molecule has 152 valence electrons. The zero-order valence-electron chi connectivity index (χ0n) is 16.9. The molecule has 0 saturated heterocycles. The number of hydrogen-bond donors (Lipinski definition) is 2. The molecule has 0 saturated carbocycles. The summed E-state index contributed by atoms with van der Waals surface area (Å²) in [4.78, 5) is 20.5. The van der Waals surface area contributed by atoms with Crippen LogP contribution in [0.5, 0.6) is 0 Å². The Balaban J connectivity index is 1.72. The van der Waals surface area contributed by atoms with Gasteiger partial charge in [-0.2, -0.15) is 0 Å². The topological polar surface area (TPSA) is 87.1 Å². The lowest BCUT2D eigenvalue weighted by atomic mass is 9.90. The molecule has 0 aliphatic heterocycles. The summed E-state index contributed by atoms with van der Waals surface area (Å²) in [5.41, 5.74) is 4.40. The Labute approximate surface area is 174 Å². The van der Waals surface area contributed by atoms with E-state index in [4.69, 9.17) is 0 Å². The third kappa shape index (κ3) is 3.82. The van der Waals surface area contributed by atoms with Crippen molar-refractivity contribution in [2.45, 2.75) is 5.92 Å². The number of nitro groups is 1. The molecule has 1 atom stereocenters. The van der Waals surface area contributed by atoms with E-state index in [-0.39, 0.29) is 17.4 Å². The molecular formula is C23H23N5O2. The summed E-state index contributed by atoms with van der Waals surface area (Å²) in [5, 5.41) is 15.7. The second kappa shape index (κ2) is 8.24. The third-order valence-electron chi connectivity index (χ3n) is 5.27. The summed E-state index contributed by atoms with van der Waals surface area (Å²) in [7, 11) is 4.02. The Morgan fingerprint density at radius 2 is 1.87 bits per heavy atom. The van der Waals surface area contributed by atoms with E-state index in [9.17, 15) is 10.1 Å². The molecule has 0 aliphatic carbocycles. The molecular weight excluding hydrogens is 378 g/mol. The number of H-pyrrole nitrogens is 1. The molecule has 4 aromatic rings. The van der Waals surface area contributed by atoms with Crippen molar-refractivity contribution in [3.8, 4) is 0 Å². The largest absolute Gasteiger partial charge is 0.378 e. The normalized spacial score (nSPS) is 11.9. The SMILES string of the molecule is CN(C)c1ccc([C@@H](CNc2ncccc2[N+](=O)[O-])c2c[nH]c3ccccc23)cc1. The fraction of sp³-hybridized carbons (Fsp3) is 0.174. The van der Waals surface area contributed by atoms with Gasteiger partial charge in [-0.15, -0.1) is 0 Å². The number of nitrogens with zero attached hydrogens (tertiary/aromatic N) is 3. The highest BCUT2D eigenvalue weighted by Gasteiger charge is 2.21. The molecule has 2 N–H and O–H groups in total. The summed E-state index contributed by atoms with van der Waals surface area (Å²) in [5.74, 6) is 0.260. The minimum Gasteiger partial charge on any atom is -0.378 e. The van der Waals surface area contributed by atoms with E-state index in [0.29, 0.717) is 6.54 Å². The molecule has 0 amide bonds. The highest BCUT2D eigenvalue weighted by molar-refractivity contribution is 5.84. The van der Waals surface area contributed by atoms with Gasteiger partial charge in [-0.1, -0.05) is 30.3 Å². The maximum absolute atomic E-state index is 11.4. The first-order chi connectivity index (χ1) is 14.5. The summed E-state index contributed by atoms with van der Waals surface area (Å²) in [6.07, 6.45) is 3.58. The maximum atomic E-state index is 11.4. The van der Waals surface area contributed by atoms with Gasteiger partial charge in [0.05, 0.1) is 4.92 Å². The van der Waals surface area contributed by atoms with Crippen LogP contribution in [0, 0.1) is 10.1 Å². The molecule has 0 unspecified atom stereocenters. The van der Waals surface area contributed by atoms with E-state index in [1.165, 1.54) is 6.07 Å². The van der Waals surface area contributed by atoms with E-state index < -0.39 is 4.92 Å². The third-order valence-corrected chi connectivity index (χ3v) is 5.27. The monoisotopic (exact) mass is 401 g/mol. The Morgan fingerprint density at radius 1 is 1.10 bits per heavy atom. The van der Waals surface area contributed by atoms with Crippen LogP contribution in [0.25, 0.3) is 10.9 Å². The van der Waals surface area contributed by atoms with E-state index in [2.05, 4.69) is 50.5 Å². The molecule has 30 heavy (non-hydrogen) atoms. The van der Waals surface area contributed by atoms with Crippen LogP contribution in [0.2, 0.25) is 0 Å². The van der Waals surface area contributed by atoms with Crippen molar-refractivity contribution in [1.82, 2.24) is 9.97 Å². The number of rotatable bonds is 7. The first-order valence-corrected chi connectivity index (χ1v) is 9.71. The van der Waals surface area contributed by atoms with Gasteiger partial charge in [0.15, 0.2) is 0 Å². The average molecular weight is 401 g/mol. The first-order valence-electron chi connectivity index (χ1n) is 9.71. The number of anilines is 2. The second-order valence-corrected chi connectivity index (χ2v) is 7.34. The highest BCUT2D eigenvalue weighted by atomic mass is 16.6. The highest BCUT2D eigenvalue weighted by Crippen LogP contribution is 2.32. The lowest BCUT2D eigenvalue weighted by molar-refractivity contribution is -0.384. The van der Waals surface area contributed by atoms with Gasteiger partial charge in [0.25, 0.3) is 0 Å². The molecule has 2 aromatic heterocycles. The number of fused-ring (bicyclic) bond motifs is 1. The van der Waals surface area contributed by atoms with Crippen LogP contribution in [0.1, 0.15) is 17.0 Å². The smallest absolute Gasteiger partial charge is 0.311 e. The Kier molecular flexibility index (Phi) is 5.34. The fourth-order valence-corrected chi connectivity index (χ4v) is 3.67. The predicted molar refractivity (Wildman–Crippen MR) is 120 cm³/mol. The number of para-hydroxylation sites is 1. The van der Waals surface area contributed by atoms with Gasteiger partial charge in [0.2, 0.25) is 5.82 Å². The molecule has 0 spiro atoms. The van der Waals surface area contributed by atoms with Crippen LogP contribution in [0.3, 0.4) is 0 Å². The first kappa shape index (κ1) is 19.4. The van der Waals surface area contributed by atoms with Crippen LogP contribution in [0.15, 0.2) is 73.1 Å². The standard InChI is InChI=1S/C23H23N5O2/c1-27(2)17-11-9-16(10-12-17)19(20-15-25-21-7-4-3-6-18(20)21)14-26-23-22(28(29)30)8-5-13-24-23/h3-13,15,19,25H,14H2,1-2H3,(H,24,26)/t19-/m1/s1. The molecule has 2 aromatic carbocycles. The number of pyridine rings is 1. The van der Waals surface area contributed by atoms with Crippen LogP contribution in [-0.2, 0) is 0 Å². The quantitative estimate of drug-likeness (QED) is 0.344. The molecule has 2 heterocycles. The minimum absolute atomic E-state index is 0.0148. The van der Waals surface area contributed by atoms with Crippen molar-refractivity contribution in [1.29, 1.82) is 0 Å². The van der Waals surface area contributed by atoms with E-state index in [1.807, 2.05) is 38.5 Å². The Hall–Kier alpha value is -3.87. The molecule has 0 bridgehead atoms.